The predicted octanol–water partition coefficient (Wildman–Crippen LogP) is 4.90. The highest BCUT2D eigenvalue weighted by Gasteiger charge is 2.24. The molecule has 0 aromatic heterocycles. The van der Waals surface area contributed by atoms with Crippen LogP contribution < -0.4 is 0 Å². The second-order valence-corrected chi connectivity index (χ2v) is 5.07. The van der Waals surface area contributed by atoms with Crippen LogP contribution in [0.25, 0.3) is 0 Å². The van der Waals surface area contributed by atoms with Gasteiger partial charge < -0.3 is 0 Å². The zero-order chi connectivity index (χ0) is 10.1. The van der Waals surface area contributed by atoms with Crippen LogP contribution in [0.3, 0.4) is 0 Å². The smallest absolute Gasteiger partial charge is 0.0595 e. The third-order valence-electron chi connectivity index (χ3n) is 2.90. The largest absolute Gasteiger partial charge is 0.0827 e. The molecule has 0 N–H and O–H groups in total. The molecule has 0 nitrogen and oxygen atoms in total. The van der Waals surface area contributed by atoms with Gasteiger partial charge in [0.15, 0.2) is 0 Å². The van der Waals surface area contributed by atoms with Crippen molar-refractivity contribution < 1.29 is 0 Å². The highest BCUT2D eigenvalue weighted by molar-refractivity contribution is 6.42. The molecule has 1 aromatic rings. The van der Waals surface area contributed by atoms with Crippen LogP contribution in [-0.2, 0) is 0 Å². The summed E-state index contributed by atoms with van der Waals surface area (Å²) in [5.74, 6) is 1.57. The SMILES string of the molecule is CC(CC1CC1)c1ccc(Cl)c(Cl)c1. The van der Waals surface area contributed by atoms with Crippen molar-refractivity contribution in [1.82, 2.24) is 0 Å². The van der Waals surface area contributed by atoms with Crippen molar-refractivity contribution in [2.45, 2.75) is 32.1 Å². The first-order valence-corrected chi connectivity index (χ1v) is 5.87. The molecule has 0 saturated heterocycles. The van der Waals surface area contributed by atoms with E-state index in [9.17, 15) is 0 Å². The minimum Gasteiger partial charge on any atom is -0.0827 e. The monoisotopic (exact) mass is 228 g/mol. The Labute approximate surface area is 95.2 Å². The van der Waals surface area contributed by atoms with Crippen molar-refractivity contribution in [2.24, 2.45) is 5.92 Å². The van der Waals surface area contributed by atoms with Crippen LogP contribution in [0.15, 0.2) is 18.2 Å². The fraction of sp³-hybridized carbons (Fsp3) is 0.500. The molecule has 1 aliphatic carbocycles. The summed E-state index contributed by atoms with van der Waals surface area (Å²) in [6.07, 6.45) is 4.11. The molecular formula is C12H14Cl2. The number of hydrogen-bond donors (Lipinski definition) is 0. The van der Waals surface area contributed by atoms with E-state index in [-0.39, 0.29) is 0 Å². The van der Waals surface area contributed by atoms with Gasteiger partial charge >= 0.3 is 0 Å². The third-order valence-corrected chi connectivity index (χ3v) is 3.64. The quantitative estimate of drug-likeness (QED) is 0.691. The molecule has 0 amide bonds. The van der Waals surface area contributed by atoms with Crippen LogP contribution in [0.2, 0.25) is 10.0 Å². The Balaban J connectivity index is 2.10. The summed E-state index contributed by atoms with van der Waals surface area (Å²) >= 11 is 11.8. The third kappa shape index (κ3) is 2.43. The molecule has 2 rings (SSSR count). The van der Waals surface area contributed by atoms with Gasteiger partial charge in [-0.2, -0.15) is 0 Å². The molecule has 1 aliphatic rings. The highest BCUT2D eigenvalue weighted by Crippen LogP contribution is 2.39. The summed E-state index contributed by atoms with van der Waals surface area (Å²) in [5.41, 5.74) is 1.31. The summed E-state index contributed by atoms with van der Waals surface area (Å²) in [5, 5.41) is 1.32. The van der Waals surface area contributed by atoms with E-state index in [1.807, 2.05) is 12.1 Å². The van der Waals surface area contributed by atoms with Gasteiger partial charge in [0.2, 0.25) is 0 Å². The Morgan fingerprint density at radius 3 is 2.57 bits per heavy atom. The van der Waals surface area contributed by atoms with Gasteiger partial charge in [0.1, 0.15) is 0 Å². The van der Waals surface area contributed by atoms with E-state index in [0.29, 0.717) is 16.0 Å². The van der Waals surface area contributed by atoms with Gasteiger partial charge in [-0.3, -0.25) is 0 Å². The lowest BCUT2D eigenvalue weighted by molar-refractivity contribution is 0.619. The summed E-state index contributed by atoms with van der Waals surface area (Å²) in [4.78, 5) is 0. The highest BCUT2D eigenvalue weighted by atomic mass is 35.5. The van der Waals surface area contributed by atoms with Crippen LogP contribution in [0.5, 0.6) is 0 Å². The van der Waals surface area contributed by atoms with Gasteiger partial charge in [0.05, 0.1) is 10.0 Å². The molecule has 76 valence electrons. The Kier molecular flexibility index (Phi) is 3.04. The van der Waals surface area contributed by atoms with Crippen LogP contribution >= 0.6 is 23.2 Å². The molecular weight excluding hydrogens is 215 g/mol. The van der Waals surface area contributed by atoms with Crippen LogP contribution in [-0.4, -0.2) is 0 Å². The summed E-state index contributed by atoms with van der Waals surface area (Å²) in [6.45, 7) is 2.26. The fourth-order valence-electron chi connectivity index (χ4n) is 1.81. The lowest BCUT2D eigenvalue weighted by Crippen LogP contribution is -1.94. The van der Waals surface area contributed by atoms with Gasteiger partial charge in [0, 0.05) is 0 Å². The second-order valence-electron chi connectivity index (χ2n) is 4.25. The molecule has 1 atom stereocenters. The van der Waals surface area contributed by atoms with Crippen LogP contribution in [0.4, 0.5) is 0 Å². The molecule has 1 aromatic carbocycles. The van der Waals surface area contributed by atoms with Crippen molar-refractivity contribution in [2.75, 3.05) is 0 Å². The minimum atomic E-state index is 0.609. The first kappa shape index (κ1) is 10.3. The topological polar surface area (TPSA) is 0 Å². The Morgan fingerprint density at radius 1 is 1.29 bits per heavy atom. The number of rotatable bonds is 3. The van der Waals surface area contributed by atoms with Gasteiger partial charge in [-0.15, -0.1) is 0 Å². The van der Waals surface area contributed by atoms with E-state index in [2.05, 4.69) is 13.0 Å². The molecule has 0 aliphatic heterocycles. The molecule has 0 bridgehead atoms. The fourth-order valence-corrected chi connectivity index (χ4v) is 2.12. The first-order valence-electron chi connectivity index (χ1n) is 5.12. The molecule has 0 heterocycles. The van der Waals surface area contributed by atoms with Gasteiger partial charge in [-0.05, 0) is 36.0 Å². The van der Waals surface area contributed by atoms with Crippen molar-refractivity contribution >= 4 is 23.2 Å². The van der Waals surface area contributed by atoms with Crippen LogP contribution in [0.1, 0.15) is 37.7 Å². The standard InChI is InChI=1S/C12H14Cl2/c1-8(6-9-2-3-9)10-4-5-11(13)12(14)7-10/h4-5,7-9H,2-3,6H2,1H3. The maximum absolute atomic E-state index is 5.98. The zero-order valence-corrected chi connectivity index (χ0v) is 9.78. The average molecular weight is 229 g/mol. The second kappa shape index (κ2) is 4.12. The van der Waals surface area contributed by atoms with Crippen LogP contribution in [0, 0.1) is 5.92 Å². The molecule has 0 spiro atoms. The van der Waals surface area contributed by atoms with Gasteiger partial charge in [-0.1, -0.05) is 49.0 Å². The van der Waals surface area contributed by atoms with E-state index >= 15 is 0 Å². The van der Waals surface area contributed by atoms with E-state index in [4.69, 9.17) is 23.2 Å². The van der Waals surface area contributed by atoms with Crippen molar-refractivity contribution in [3.05, 3.63) is 33.8 Å². The van der Waals surface area contributed by atoms with Crippen molar-refractivity contribution in [3.8, 4) is 0 Å². The normalized spacial score (nSPS) is 18.2. The van der Waals surface area contributed by atoms with E-state index < -0.39 is 0 Å². The van der Waals surface area contributed by atoms with Gasteiger partial charge in [-0.25, -0.2) is 0 Å². The Bertz CT molecular complexity index is 329. The summed E-state index contributed by atoms with van der Waals surface area (Å²) in [7, 11) is 0. The minimum absolute atomic E-state index is 0.609. The number of hydrogen-bond acceptors (Lipinski definition) is 0. The number of benzene rings is 1. The summed E-state index contributed by atoms with van der Waals surface area (Å²) < 4.78 is 0. The Hall–Kier alpha value is -0.200. The first-order chi connectivity index (χ1) is 6.66. The lowest BCUT2D eigenvalue weighted by Gasteiger charge is -2.11. The number of halogens is 2. The lowest BCUT2D eigenvalue weighted by atomic mass is 9.96. The van der Waals surface area contributed by atoms with E-state index in [1.54, 1.807) is 0 Å². The molecule has 1 saturated carbocycles. The van der Waals surface area contributed by atoms with E-state index in [0.717, 1.165) is 5.92 Å². The predicted molar refractivity (Wildman–Crippen MR) is 62.2 cm³/mol. The summed E-state index contributed by atoms with van der Waals surface area (Å²) in [6, 6.07) is 5.97. The molecule has 1 fully saturated rings. The maximum atomic E-state index is 5.98. The Morgan fingerprint density at radius 2 is 2.00 bits per heavy atom. The van der Waals surface area contributed by atoms with Gasteiger partial charge in [0.25, 0.3) is 0 Å². The zero-order valence-electron chi connectivity index (χ0n) is 8.26. The van der Waals surface area contributed by atoms with E-state index in [1.165, 1.54) is 24.8 Å². The molecule has 2 heteroatoms. The van der Waals surface area contributed by atoms with Crippen molar-refractivity contribution in [1.29, 1.82) is 0 Å². The van der Waals surface area contributed by atoms with Crippen molar-refractivity contribution in [3.63, 3.8) is 0 Å². The molecule has 0 radical (unpaired) electrons. The maximum Gasteiger partial charge on any atom is 0.0595 e. The molecule has 14 heavy (non-hydrogen) atoms. The molecule has 1 unspecified atom stereocenters. The average Bonchev–Trinajstić information content (AvgIpc) is 2.93.